The lowest BCUT2D eigenvalue weighted by Gasteiger charge is -2.08. The number of thiophene rings is 1. The molecule has 0 aliphatic rings. The minimum atomic E-state index is -0.931. The maximum atomic E-state index is 10.9. The fourth-order valence-corrected chi connectivity index (χ4v) is 2.50. The third-order valence-electron chi connectivity index (χ3n) is 2.52. The maximum Gasteiger partial charge on any atom is 0.336 e. The molecule has 2 aromatic rings. The molecule has 0 amide bonds. The molecule has 0 fully saturated rings. The first-order valence-electron chi connectivity index (χ1n) is 5.20. The van der Waals surface area contributed by atoms with E-state index in [0.29, 0.717) is 11.5 Å². The first-order chi connectivity index (χ1) is 8.65. The molecular weight excluding hydrogens is 252 g/mol. The summed E-state index contributed by atoms with van der Waals surface area (Å²) in [5.41, 5.74) is 1.11. The van der Waals surface area contributed by atoms with Crippen LogP contribution in [0.3, 0.4) is 0 Å². The van der Waals surface area contributed by atoms with Crippen LogP contribution in [0.25, 0.3) is 10.4 Å². The Kier molecular flexibility index (Phi) is 3.53. The highest BCUT2D eigenvalue weighted by Crippen LogP contribution is 2.36. The lowest BCUT2D eigenvalue weighted by Crippen LogP contribution is -1.92. The van der Waals surface area contributed by atoms with Gasteiger partial charge in [0.15, 0.2) is 0 Å². The molecule has 0 aliphatic carbocycles. The van der Waals surface area contributed by atoms with Crippen LogP contribution in [0.1, 0.15) is 10.4 Å². The van der Waals surface area contributed by atoms with E-state index in [1.54, 1.807) is 37.8 Å². The van der Waals surface area contributed by atoms with Gasteiger partial charge in [-0.2, -0.15) is 0 Å². The number of hydrogen-bond acceptors (Lipinski definition) is 4. The molecule has 4 nitrogen and oxygen atoms in total. The molecule has 1 aromatic carbocycles. The summed E-state index contributed by atoms with van der Waals surface area (Å²) in [5, 5.41) is 10.5. The van der Waals surface area contributed by atoms with E-state index in [1.807, 2.05) is 6.07 Å². The second-order valence-corrected chi connectivity index (χ2v) is 4.48. The van der Waals surface area contributed by atoms with Crippen LogP contribution in [0.4, 0.5) is 0 Å². The van der Waals surface area contributed by atoms with E-state index in [0.717, 1.165) is 10.4 Å². The molecule has 1 aromatic heterocycles. The van der Waals surface area contributed by atoms with Crippen molar-refractivity contribution in [3.8, 4) is 21.9 Å². The standard InChI is InChI=1S/C13H12O4S/c1-16-9-3-4-11(17-2)10(6-9)12-5-8(7-18-12)13(14)15/h3-7H,1-2H3,(H,14,15). The van der Waals surface area contributed by atoms with Crippen LogP contribution in [-0.4, -0.2) is 25.3 Å². The minimum absolute atomic E-state index is 0.278. The number of hydrogen-bond donors (Lipinski definition) is 1. The van der Waals surface area contributed by atoms with E-state index >= 15 is 0 Å². The van der Waals surface area contributed by atoms with Gasteiger partial charge in [0.1, 0.15) is 11.5 Å². The van der Waals surface area contributed by atoms with Crippen molar-refractivity contribution < 1.29 is 19.4 Å². The predicted molar refractivity (Wildman–Crippen MR) is 69.8 cm³/mol. The largest absolute Gasteiger partial charge is 0.497 e. The normalized spacial score (nSPS) is 10.1. The van der Waals surface area contributed by atoms with Gasteiger partial charge in [0.05, 0.1) is 19.8 Å². The SMILES string of the molecule is COc1ccc(OC)c(-c2cc(C(=O)O)cs2)c1. The van der Waals surface area contributed by atoms with E-state index in [4.69, 9.17) is 14.6 Å². The number of ether oxygens (including phenoxy) is 2. The summed E-state index contributed by atoms with van der Waals surface area (Å²) in [6.45, 7) is 0. The molecule has 1 heterocycles. The van der Waals surface area contributed by atoms with E-state index in [9.17, 15) is 4.79 Å². The summed E-state index contributed by atoms with van der Waals surface area (Å²) in [7, 11) is 3.17. The lowest BCUT2D eigenvalue weighted by molar-refractivity contribution is 0.0697. The summed E-state index contributed by atoms with van der Waals surface area (Å²) in [6, 6.07) is 7.06. The Balaban J connectivity index is 2.50. The second kappa shape index (κ2) is 5.10. The number of rotatable bonds is 4. The highest BCUT2D eigenvalue weighted by molar-refractivity contribution is 7.13. The average molecular weight is 264 g/mol. The fourth-order valence-electron chi connectivity index (χ4n) is 1.60. The topological polar surface area (TPSA) is 55.8 Å². The van der Waals surface area contributed by atoms with Gasteiger partial charge < -0.3 is 14.6 Å². The van der Waals surface area contributed by atoms with E-state index in [2.05, 4.69) is 0 Å². The summed E-state index contributed by atoms with van der Waals surface area (Å²) in [6.07, 6.45) is 0. The van der Waals surface area contributed by atoms with Gasteiger partial charge in [-0.15, -0.1) is 11.3 Å². The lowest BCUT2D eigenvalue weighted by atomic mass is 10.1. The van der Waals surface area contributed by atoms with E-state index in [-0.39, 0.29) is 5.56 Å². The monoisotopic (exact) mass is 264 g/mol. The van der Waals surface area contributed by atoms with Crippen molar-refractivity contribution in [1.82, 2.24) is 0 Å². The molecular formula is C13H12O4S. The summed E-state index contributed by atoms with van der Waals surface area (Å²) < 4.78 is 10.4. The molecule has 5 heteroatoms. The molecule has 0 saturated heterocycles. The van der Waals surface area contributed by atoms with Gasteiger partial charge >= 0.3 is 5.97 Å². The highest BCUT2D eigenvalue weighted by atomic mass is 32.1. The van der Waals surface area contributed by atoms with Crippen LogP contribution in [0.2, 0.25) is 0 Å². The van der Waals surface area contributed by atoms with Crippen molar-refractivity contribution in [2.75, 3.05) is 14.2 Å². The van der Waals surface area contributed by atoms with Crippen LogP contribution in [0, 0.1) is 0 Å². The molecule has 94 valence electrons. The summed E-state index contributed by atoms with van der Waals surface area (Å²) in [5.74, 6) is 0.463. The van der Waals surface area contributed by atoms with Gasteiger partial charge in [-0.25, -0.2) is 4.79 Å². The summed E-state index contributed by atoms with van der Waals surface area (Å²) >= 11 is 1.36. The van der Waals surface area contributed by atoms with E-state index < -0.39 is 5.97 Å². The smallest absolute Gasteiger partial charge is 0.336 e. The Hall–Kier alpha value is -2.01. The Labute approximate surface area is 108 Å². The maximum absolute atomic E-state index is 10.9. The molecule has 0 spiro atoms. The number of benzene rings is 1. The van der Waals surface area contributed by atoms with Crippen molar-refractivity contribution in [1.29, 1.82) is 0 Å². The number of carbonyl (C=O) groups is 1. The highest BCUT2D eigenvalue weighted by Gasteiger charge is 2.12. The minimum Gasteiger partial charge on any atom is -0.497 e. The third kappa shape index (κ3) is 2.31. The molecule has 0 atom stereocenters. The van der Waals surface area contributed by atoms with Crippen LogP contribution in [-0.2, 0) is 0 Å². The molecule has 1 N–H and O–H groups in total. The molecule has 0 radical (unpaired) electrons. The van der Waals surface area contributed by atoms with Crippen LogP contribution >= 0.6 is 11.3 Å². The predicted octanol–water partition coefficient (Wildman–Crippen LogP) is 3.13. The molecule has 0 bridgehead atoms. The Morgan fingerprint density at radius 3 is 2.56 bits per heavy atom. The molecule has 18 heavy (non-hydrogen) atoms. The zero-order valence-corrected chi connectivity index (χ0v) is 10.8. The van der Waals surface area contributed by atoms with Crippen molar-refractivity contribution in [2.45, 2.75) is 0 Å². The number of aromatic carboxylic acids is 1. The number of carboxylic acid groups (broad SMARTS) is 1. The summed E-state index contributed by atoms with van der Waals surface area (Å²) in [4.78, 5) is 11.7. The third-order valence-corrected chi connectivity index (χ3v) is 3.48. The van der Waals surface area contributed by atoms with Gasteiger partial charge in [0, 0.05) is 15.8 Å². The van der Waals surface area contributed by atoms with Crippen molar-refractivity contribution in [2.24, 2.45) is 0 Å². The van der Waals surface area contributed by atoms with Crippen molar-refractivity contribution in [3.05, 3.63) is 35.2 Å². The fraction of sp³-hybridized carbons (Fsp3) is 0.154. The second-order valence-electron chi connectivity index (χ2n) is 3.57. The van der Waals surface area contributed by atoms with Gasteiger partial charge in [0.2, 0.25) is 0 Å². The van der Waals surface area contributed by atoms with Gasteiger partial charge in [-0.3, -0.25) is 0 Å². The Morgan fingerprint density at radius 1 is 1.22 bits per heavy atom. The van der Waals surface area contributed by atoms with Gasteiger partial charge in [0.25, 0.3) is 0 Å². The molecule has 0 unspecified atom stereocenters. The Bertz CT molecular complexity index is 574. The van der Waals surface area contributed by atoms with Crippen molar-refractivity contribution in [3.63, 3.8) is 0 Å². The molecule has 0 saturated carbocycles. The molecule has 0 aliphatic heterocycles. The first-order valence-corrected chi connectivity index (χ1v) is 6.08. The van der Waals surface area contributed by atoms with Gasteiger partial charge in [-0.05, 0) is 24.3 Å². The van der Waals surface area contributed by atoms with Gasteiger partial charge in [-0.1, -0.05) is 0 Å². The number of carboxylic acids is 1. The first kappa shape index (κ1) is 12.4. The van der Waals surface area contributed by atoms with Crippen LogP contribution in [0.15, 0.2) is 29.6 Å². The van der Waals surface area contributed by atoms with Crippen molar-refractivity contribution >= 4 is 17.3 Å². The quantitative estimate of drug-likeness (QED) is 0.921. The zero-order valence-electron chi connectivity index (χ0n) is 9.97. The zero-order chi connectivity index (χ0) is 13.1. The average Bonchev–Trinajstić information content (AvgIpc) is 2.87. The number of methoxy groups -OCH3 is 2. The van der Waals surface area contributed by atoms with Crippen LogP contribution < -0.4 is 9.47 Å². The molecule has 2 rings (SSSR count). The van der Waals surface area contributed by atoms with Crippen LogP contribution in [0.5, 0.6) is 11.5 Å². The Morgan fingerprint density at radius 2 is 2.00 bits per heavy atom. The van der Waals surface area contributed by atoms with E-state index in [1.165, 1.54) is 11.3 Å².